The van der Waals surface area contributed by atoms with E-state index in [9.17, 15) is 0 Å². The number of thioether (sulfide) groups is 1. The molecule has 0 aliphatic heterocycles. The van der Waals surface area contributed by atoms with Gasteiger partial charge < -0.3 is 0 Å². The quantitative estimate of drug-likeness (QED) is 0.333. The maximum Gasteiger partial charge on any atom is 0.0714 e. The molecule has 0 radical (unpaired) electrons. The number of hydrogen-bond donors (Lipinski definition) is 0. The molecule has 3 heteroatoms. The van der Waals surface area contributed by atoms with Gasteiger partial charge in [-0.1, -0.05) is 65.3 Å². The lowest BCUT2D eigenvalue weighted by Gasteiger charge is -2.04. The van der Waals surface area contributed by atoms with E-state index >= 15 is 0 Å². The van der Waals surface area contributed by atoms with E-state index in [0.29, 0.717) is 0 Å². The fourth-order valence-electron chi connectivity index (χ4n) is 2.45. The Morgan fingerprint density at radius 2 is 1.62 bits per heavy atom. The summed E-state index contributed by atoms with van der Waals surface area (Å²) in [7, 11) is 0. The van der Waals surface area contributed by atoms with Crippen LogP contribution < -0.4 is 0 Å². The molecule has 130 valence electrons. The summed E-state index contributed by atoms with van der Waals surface area (Å²) in [6.45, 7) is 4.17. The van der Waals surface area contributed by atoms with Crippen LogP contribution in [0.3, 0.4) is 0 Å². The summed E-state index contributed by atoms with van der Waals surface area (Å²) in [5.74, 6) is 0. The van der Waals surface area contributed by atoms with Crippen LogP contribution >= 0.6 is 23.4 Å². The van der Waals surface area contributed by atoms with Gasteiger partial charge in [0.15, 0.2) is 0 Å². The third kappa shape index (κ3) is 5.35. The average molecular weight is 378 g/mol. The first-order chi connectivity index (χ1) is 12.6. The van der Waals surface area contributed by atoms with Gasteiger partial charge in [-0.25, -0.2) is 4.99 Å². The van der Waals surface area contributed by atoms with Gasteiger partial charge in [-0.15, -0.1) is 0 Å². The second kappa shape index (κ2) is 8.88. The van der Waals surface area contributed by atoms with Crippen LogP contribution in [-0.4, -0.2) is 5.71 Å². The summed E-state index contributed by atoms with van der Waals surface area (Å²) in [4.78, 5) is 6.04. The molecule has 26 heavy (non-hydrogen) atoms. The molecule has 3 aromatic carbocycles. The first-order valence-corrected chi connectivity index (χ1v) is 9.67. The van der Waals surface area contributed by atoms with Crippen molar-refractivity contribution in [3.8, 4) is 0 Å². The third-order valence-electron chi connectivity index (χ3n) is 3.84. The Labute approximate surface area is 164 Å². The highest BCUT2D eigenvalue weighted by atomic mass is 35.5. The molecule has 0 aliphatic rings. The van der Waals surface area contributed by atoms with Gasteiger partial charge in [-0.2, -0.15) is 0 Å². The molecule has 1 nitrogen and oxygen atoms in total. The number of benzene rings is 3. The van der Waals surface area contributed by atoms with Crippen molar-refractivity contribution < 1.29 is 0 Å². The lowest BCUT2D eigenvalue weighted by molar-refractivity contribution is 1.38. The second-order valence-corrected chi connectivity index (χ2v) is 7.49. The van der Waals surface area contributed by atoms with E-state index in [0.717, 1.165) is 22.0 Å². The van der Waals surface area contributed by atoms with Crippen molar-refractivity contribution in [2.75, 3.05) is 0 Å². The first-order valence-electron chi connectivity index (χ1n) is 8.41. The summed E-state index contributed by atoms with van der Waals surface area (Å²) in [6.07, 6.45) is 2.05. The molecule has 0 saturated carbocycles. The number of rotatable bonds is 5. The molecule has 0 atom stereocenters. The number of aliphatic imine (C=N–C) groups is 1. The molecular weight excluding hydrogens is 358 g/mol. The van der Waals surface area contributed by atoms with Crippen molar-refractivity contribution in [1.82, 2.24) is 0 Å². The zero-order valence-corrected chi connectivity index (χ0v) is 16.4. The molecule has 3 rings (SSSR count). The van der Waals surface area contributed by atoms with E-state index in [2.05, 4.69) is 61.7 Å². The molecule has 0 saturated heterocycles. The maximum absolute atomic E-state index is 6.03. The molecule has 0 aliphatic carbocycles. The SMILES string of the molecule is Cc1ccc(S/C=C/C(=Nc2cccc(C)c2)c2ccc(Cl)cc2)cc1. The van der Waals surface area contributed by atoms with Crippen LogP contribution in [0.5, 0.6) is 0 Å². The fourth-order valence-corrected chi connectivity index (χ4v) is 3.22. The van der Waals surface area contributed by atoms with Crippen LogP contribution in [0.1, 0.15) is 16.7 Å². The monoisotopic (exact) mass is 377 g/mol. The van der Waals surface area contributed by atoms with E-state index in [1.807, 2.05) is 36.4 Å². The van der Waals surface area contributed by atoms with Crippen molar-refractivity contribution in [3.05, 3.63) is 106 Å². The predicted octanol–water partition coefficient (Wildman–Crippen LogP) is 7.38. The minimum atomic E-state index is 0.724. The van der Waals surface area contributed by atoms with Gasteiger partial charge in [0, 0.05) is 15.5 Å². The molecule has 0 fully saturated rings. The molecule has 0 heterocycles. The molecular formula is C23H20ClNS. The van der Waals surface area contributed by atoms with Crippen molar-refractivity contribution >= 4 is 34.8 Å². The lowest BCUT2D eigenvalue weighted by Crippen LogP contribution is -1.95. The van der Waals surface area contributed by atoms with E-state index in [1.54, 1.807) is 11.8 Å². The van der Waals surface area contributed by atoms with Gasteiger partial charge in [0.1, 0.15) is 0 Å². The summed E-state index contributed by atoms with van der Waals surface area (Å²) >= 11 is 7.71. The fraction of sp³-hybridized carbons (Fsp3) is 0.0870. The van der Waals surface area contributed by atoms with Gasteiger partial charge in [0.2, 0.25) is 0 Å². The standard InChI is InChI=1S/C23H20ClNS/c1-17-6-12-22(13-7-17)26-15-14-23(19-8-10-20(24)11-9-19)25-21-5-3-4-18(2)16-21/h3-16H,1-2H3/b15-14+,25-23?. The number of hydrogen-bond acceptors (Lipinski definition) is 2. The lowest BCUT2D eigenvalue weighted by atomic mass is 10.1. The highest BCUT2D eigenvalue weighted by Gasteiger charge is 2.02. The van der Waals surface area contributed by atoms with Gasteiger partial charge in [0.05, 0.1) is 11.4 Å². The van der Waals surface area contributed by atoms with Crippen molar-refractivity contribution in [3.63, 3.8) is 0 Å². The highest BCUT2D eigenvalue weighted by Crippen LogP contribution is 2.22. The molecule has 0 bridgehead atoms. The van der Waals surface area contributed by atoms with E-state index in [-0.39, 0.29) is 0 Å². The number of allylic oxidation sites excluding steroid dienone is 1. The van der Waals surface area contributed by atoms with E-state index in [4.69, 9.17) is 16.6 Å². The third-order valence-corrected chi connectivity index (χ3v) is 4.91. The van der Waals surface area contributed by atoms with Gasteiger partial charge in [-0.05, 0) is 67.3 Å². The topological polar surface area (TPSA) is 12.4 Å². The molecule has 3 aromatic rings. The molecule has 0 aromatic heterocycles. The zero-order valence-electron chi connectivity index (χ0n) is 14.8. The van der Waals surface area contributed by atoms with Gasteiger partial charge in [0.25, 0.3) is 0 Å². The van der Waals surface area contributed by atoms with Crippen LogP contribution in [0.25, 0.3) is 0 Å². The van der Waals surface area contributed by atoms with E-state index in [1.165, 1.54) is 16.0 Å². The summed E-state index contributed by atoms with van der Waals surface area (Å²) < 4.78 is 0. The van der Waals surface area contributed by atoms with Gasteiger partial charge in [-0.3, -0.25) is 0 Å². The molecule has 0 amide bonds. The van der Waals surface area contributed by atoms with Crippen LogP contribution in [0.4, 0.5) is 5.69 Å². The molecule has 0 N–H and O–H groups in total. The molecule has 0 spiro atoms. The zero-order chi connectivity index (χ0) is 18.4. The Morgan fingerprint density at radius 1 is 0.885 bits per heavy atom. The number of aryl methyl sites for hydroxylation is 2. The smallest absolute Gasteiger partial charge is 0.0714 e. The van der Waals surface area contributed by atoms with Gasteiger partial charge >= 0.3 is 0 Å². The minimum Gasteiger partial charge on any atom is -0.248 e. The Hall–Kier alpha value is -2.29. The van der Waals surface area contributed by atoms with Crippen LogP contribution in [0, 0.1) is 13.8 Å². The average Bonchev–Trinajstić information content (AvgIpc) is 2.63. The Morgan fingerprint density at radius 3 is 2.31 bits per heavy atom. The minimum absolute atomic E-state index is 0.724. The van der Waals surface area contributed by atoms with Crippen LogP contribution in [0.15, 0.2) is 94.2 Å². The normalized spacial score (nSPS) is 11.9. The van der Waals surface area contributed by atoms with Crippen molar-refractivity contribution in [2.24, 2.45) is 4.99 Å². The van der Waals surface area contributed by atoms with Crippen molar-refractivity contribution in [1.29, 1.82) is 0 Å². The van der Waals surface area contributed by atoms with Crippen LogP contribution in [0.2, 0.25) is 5.02 Å². The first kappa shape index (κ1) is 18.5. The Balaban J connectivity index is 1.88. The highest BCUT2D eigenvalue weighted by molar-refractivity contribution is 8.02. The number of nitrogens with zero attached hydrogens (tertiary/aromatic N) is 1. The van der Waals surface area contributed by atoms with Crippen molar-refractivity contribution in [2.45, 2.75) is 18.7 Å². The maximum atomic E-state index is 6.03. The number of halogens is 1. The summed E-state index contributed by atoms with van der Waals surface area (Å²) in [5.41, 5.74) is 5.35. The van der Waals surface area contributed by atoms with E-state index < -0.39 is 0 Å². The summed E-state index contributed by atoms with van der Waals surface area (Å²) in [6, 6.07) is 24.5. The van der Waals surface area contributed by atoms with Crippen LogP contribution in [-0.2, 0) is 0 Å². The Bertz CT molecular complexity index is 925. The summed E-state index contributed by atoms with van der Waals surface area (Å²) in [5, 5.41) is 2.80. The Kier molecular flexibility index (Phi) is 6.32. The molecule has 0 unspecified atom stereocenters. The largest absolute Gasteiger partial charge is 0.248 e. The second-order valence-electron chi connectivity index (χ2n) is 6.08. The predicted molar refractivity (Wildman–Crippen MR) is 115 cm³/mol.